The van der Waals surface area contributed by atoms with Crippen molar-refractivity contribution in [1.82, 2.24) is 4.90 Å². The smallest absolute Gasteiger partial charge is 0.262 e. The molecule has 27 nitrogen and oxygen atoms in total. The van der Waals surface area contributed by atoms with Crippen LogP contribution >= 0.6 is 0 Å². The van der Waals surface area contributed by atoms with E-state index in [9.17, 15) is 15.3 Å². The standard InChI is InChI=1S/C120H133NO26Si/c1-81-103(132-70-86-48-24-9-25-49-86)108(134-72-88-52-28-11-29-53-88)112(137-75-91-58-34-14-35-59-91)119(139-81)146-107-99(121-114(125)93-62-38-39-63-94(93)115(121)126)116(141-97(79-129-68-84-44-20-7-21-45-84)105(107)144-117-102(124)101(123)100(122)95(140-117)77-127-66-82-40-16-5-17-41-82)147-110-104(133-71-87-50-26-10-27-51-87)96(78-128-67-83-42-18-6-19-43-83)143-120(113(110)138-76-92-60-36-15-37-61-92)145-106-98(80-130-69-85-46-22-8-23-47-85)142-118(131-64-65-148(2,3)4)111(136-74-90-56-32-13-33-57-90)109(106)135-73-89-54-30-12-31-55-89/h5-63,81,95-113,116-120,122-124H,64-80H2,1-4H3/t81-,95+,96+,97+,98+,99+,100-,101-,102+,103+,104-,105+,106+,107+,108+,109-,110-,111+,112-,113+,116-,117-,118+,119-,120-/m0/s1. The number of carbonyl (C=O) groups excluding carboxylic acids is 2. The molecule has 5 saturated heterocycles. The van der Waals surface area contributed by atoms with E-state index < -0.39 is 180 Å². The number of imide groups is 1. The number of fused-ring (bicyclic) bond motifs is 1. The third kappa shape index (κ3) is 28.8. The van der Waals surface area contributed by atoms with Crippen molar-refractivity contribution in [2.45, 2.75) is 259 Å². The summed E-state index contributed by atoms with van der Waals surface area (Å²) < 4.78 is 156. The van der Waals surface area contributed by atoms with Crippen molar-refractivity contribution in [2.24, 2.45) is 0 Å². The number of aliphatic hydroxyl groups excluding tert-OH is 3. The second kappa shape index (κ2) is 53.6. The molecule has 6 heterocycles. The molecule has 18 rings (SSSR count). The fourth-order valence-corrected chi connectivity index (χ4v) is 20.1. The van der Waals surface area contributed by atoms with Crippen LogP contribution in [0.2, 0.25) is 25.7 Å². The molecule has 148 heavy (non-hydrogen) atoms. The van der Waals surface area contributed by atoms with E-state index in [2.05, 4.69) is 19.6 Å². The molecule has 28 heteroatoms. The highest BCUT2D eigenvalue weighted by Crippen LogP contribution is 2.45. The summed E-state index contributed by atoms with van der Waals surface area (Å²) in [6, 6.07) is 111. The Hall–Kier alpha value is -11.0. The molecule has 12 aromatic carbocycles. The van der Waals surface area contributed by atoms with E-state index in [-0.39, 0.29) is 104 Å². The molecule has 25 atom stereocenters. The molecule has 0 saturated carbocycles. The first kappa shape index (κ1) is 107. The van der Waals surface area contributed by atoms with Gasteiger partial charge in [-0.3, -0.25) is 14.5 Å². The minimum Gasteiger partial charge on any atom is -0.387 e. The Kier molecular flexibility index (Phi) is 38.7. The topological polar surface area (TPSA) is 292 Å². The molecular weight excluding hydrogens is 1900 g/mol. The quantitative estimate of drug-likeness (QED) is 0.0236. The molecule has 12 aromatic rings. The lowest BCUT2D eigenvalue weighted by molar-refractivity contribution is -0.403. The predicted octanol–water partition coefficient (Wildman–Crippen LogP) is 17.2. The summed E-state index contributed by atoms with van der Waals surface area (Å²) in [5, 5.41) is 37.5. The molecule has 778 valence electrons. The van der Waals surface area contributed by atoms with Crippen LogP contribution in [-0.4, -0.2) is 227 Å². The number of benzene rings is 12. The number of rotatable bonds is 50. The van der Waals surface area contributed by atoms with E-state index in [1.54, 1.807) is 24.3 Å². The van der Waals surface area contributed by atoms with Gasteiger partial charge in [0.1, 0.15) is 116 Å². The first-order chi connectivity index (χ1) is 72.5. The molecule has 0 aromatic heterocycles. The van der Waals surface area contributed by atoms with Crippen LogP contribution in [0.4, 0.5) is 0 Å². The zero-order chi connectivity index (χ0) is 102. The molecule has 0 bridgehead atoms. The van der Waals surface area contributed by atoms with Crippen molar-refractivity contribution in [1.29, 1.82) is 0 Å². The molecule has 0 unspecified atom stereocenters. The van der Waals surface area contributed by atoms with Crippen molar-refractivity contribution in [2.75, 3.05) is 33.0 Å². The first-order valence-corrected chi connectivity index (χ1v) is 54.8. The van der Waals surface area contributed by atoms with Gasteiger partial charge in [0.15, 0.2) is 31.5 Å². The van der Waals surface area contributed by atoms with Gasteiger partial charge in [-0.2, -0.15) is 0 Å². The zero-order valence-electron chi connectivity index (χ0n) is 83.7. The van der Waals surface area contributed by atoms with Crippen LogP contribution in [0.15, 0.2) is 358 Å². The monoisotopic (exact) mass is 2030 g/mol. The molecule has 6 aliphatic rings. The van der Waals surface area contributed by atoms with E-state index in [0.29, 0.717) is 12.2 Å². The van der Waals surface area contributed by atoms with E-state index in [1.165, 1.54) is 0 Å². The van der Waals surface area contributed by atoms with E-state index in [4.69, 9.17) is 99.5 Å². The molecule has 0 spiro atoms. The first-order valence-electron chi connectivity index (χ1n) is 51.1. The van der Waals surface area contributed by atoms with Gasteiger partial charge in [0.25, 0.3) is 11.8 Å². The van der Waals surface area contributed by atoms with Crippen LogP contribution in [0.1, 0.15) is 88.8 Å². The molecule has 3 N–H and O–H groups in total. The number of nitrogens with zero attached hydrogens (tertiary/aromatic N) is 1. The SMILES string of the molecule is C[C@@H]1O[C@@H](O[C@H]2[C@H](O[C@@H]3O[C@H](COCc4ccccc4)[C@H](O)[C@H](O)[C@H]3O)[C@@H](COCc3ccccc3)O[C@@H](O[C@H]3[C@@H](OCc4ccccc4)[C@@H](COCc4ccccc4)O[C@@H](O[C@H]4[C@H](OCc5ccccc5)[C@@H](OCc5ccccc5)[C@H](OCC[Si](C)(C)C)O[C@@H]4COCc4ccccc4)[C@@H]3OCc3ccccc3)[C@@H]2N2C(=O)c3ccccc3C2=O)[C@@H](OCc2ccccc2)[C@H](OCc2ccccc2)[C@@H]1OCc1ccccc1. The lowest BCUT2D eigenvalue weighted by atomic mass is 9.92. The van der Waals surface area contributed by atoms with Gasteiger partial charge in [-0.15, -0.1) is 0 Å². The van der Waals surface area contributed by atoms with Gasteiger partial charge in [0.05, 0.1) is 116 Å². The Labute approximate surface area is 866 Å². The molecular formula is C120H133NO26Si. The fraction of sp³-hybridized carbons (Fsp3) is 0.383. The lowest BCUT2D eigenvalue weighted by Crippen LogP contribution is -2.72. The Morgan fingerprint density at radius 3 is 0.872 bits per heavy atom. The Morgan fingerprint density at radius 2 is 0.500 bits per heavy atom. The summed E-state index contributed by atoms with van der Waals surface area (Å²) in [6.45, 7) is 8.15. The van der Waals surface area contributed by atoms with Gasteiger partial charge in [-0.25, -0.2) is 0 Å². The van der Waals surface area contributed by atoms with Crippen LogP contribution in [0.25, 0.3) is 0 Å². The molecule has 2 amide bonds. The maximum atomic E-state index is 16.9. The van der Waals surface area contributed by atoms with Gasteiger partial charge in [0.2, 0.25) is 0 Å². The number of ether oxygens (including phenoxy) is 21. The van der Waals surface area contributed by atoms with Gasteiger partial charge >= 0.3 is 0 Å². The average molecular weight is 2030 g/mol. The van der Waals surface area contributed by atoms with Crippen LogP contribution in [0, 0.1) is 0 Å². The van der Waals surface area contributed by atoms with Gasteiger partial charge in [-0.05, 0) is 86.3 Å². The van der Waals surface area contributed by atoms with Crippen LogP contribution in [0.5, 0.6) is 0 Å². The third-order valence-electron chi connectivity index (χ3n) is 27.2. The van der Waals surface area contributed by atoms with Crippen molar-refractivity contribution >= 4 is 19.9 Å². The van der Waals surface area contributed by atoms with Crippen molar-refractivity contribution < 1.29 is 124 Å². The highest BCUT2D eigenvalue weighted by Gasteiger charge is 2.63. The number of hydrogen-bond acceptors (Lipinski definition) is 26. The maximum absolute atomic E-state index is 16.9. The fourth-order valence-electron chi connectivity index (χ4n) is 19.3. The summed E-state index contributed by atoms with van der Waals surface area (Å²) in [6.07, 6.45) is -35.3. The van der Waals surface area contributed by atoms with E-state index >= 15 is 9.59 Å². The van der Waals surface area contributed by atoms with Gasteiger partial charge in [-0.1, -0.05) is 365 Å². The molecule has 5 fully saturated rings. The number of amides is 2. The molecule has 6 aliphatic heterocycles. The minimum absolute atomic E-state index is 0.00996. The largest absolute Gasteiger partial charge is 0.387 e. The normalized spacial score (nSPS) is 27.7. The third-order valence-corrected chi connectivity index (χ3v) is 28.9. The summed E-state index contributed by atoms with van der Waals surface area (Å²) in [5.74, 6) is -1.63. The Morgan fingerprint density at radius 1 is 0.243 bits per heavy atom. The van der Waals surface area contributed by atoms with Crippen LogP contribution in [0.3, 0.4) is 0 Å². The zero-order valence-corrected chi connectivity index (χ0v) is 84.7. The van der Waals surface area contributed by atoms with Crippen molar-refractivity contribution in [3.8, 4) is 0 Å². The lowest BCUT2D eigenvalue weighted by Gasteiger charge is -2.54. The highest BCUT2D eigenvalue weighted by molar-refractivity contribution is 6.76. The summed E-state index contributed by atoms with van der Waals surface area (Å²) in [7, 11) is -1.80. The average Bonchev–Trinajstić information content (AvgIpc) is 1.52. The highest BCUT2D eigenvalue weighted by atomic mass is 28.3. The Balaban J connectivity index is 0.837. The van der Waals surface area contributed by atoms with Crippen molar-refractivity contribution in [3.63, 3.8) is 0 Å². The molecule has 0 aliphatic carbocycles. The van der Waals surface area contributed by atoms with Crippen LogP contribution in [-0.2, 0) is 172 Å². The minimum atomic E-state index is -2.05. The predicted molar refractivity (Wildman–Crippen MR) is 551 cm³/mol. The van der Waals surface area contributed by atoms with E-state index in [1.807, 2.05) is 341 Å². The van der Waals surface area contributed by atoms with Gasteiger partial charge in [0, 0.05) is 14.7 Å². The number of hydrogen-bond donors (Lipinski definition) is 3. The van der Waals surface area contributed by atoms with Crippen LogP contribution < -0.4 is 0 Å². The summed E-state index contributed by atoms with van der Waals surface area (Å²) >= 11 is 0. The Bertz CT molecular complexity index is 5890. The number of carbonyl (C=O) groups is 2. The van der Waals surface area contributed by atoms with E-state index in [0.717, 1.165) is 66.6 Å². The maximum Gasteiger partial charge on any atom is 0.262 e. The second-order valence-electron chi connectivity index (χ2n) is 39.3. The van der Waals surface area contributed by atoms with Crippen molar-refractivity contribution in [3.05, 3.63) is 430 Å². The van der Waals surface area contributed by atoms with Gasteiger partial charge < -0.3 is 115 Å². The number of aliphatic hydroxyl groups is 3. The summed E-state index contributed by atoms with van der Waals surface area (Å²) in [5.41, 5.74) is 8.88. The second-order valence-corrected chi connectivity index (χ2v) is 44.9. The molecule has 0 radical (unpaired) electrons. The summed E-state index contributed by atoms with van der Waals surface area (Å²) in [4.78, 5) is 34.8.